The van der Waals surface area contributed by atoms with Crippen molar-refractivity contribution in [2.24, 2.45) is 16.8 Å². The molecule has 1 aromatic carbocycles. The van der Waals surface area contributed by atoms with Gasteiger partial charge in [0.2, 0.25) is 5.91 Å². The summed E-state index contributed by atoms with van der Waals surface area (Å²) in [6, 6.07) is 10.1. The number of oxime groups is 1. The lowest BCUT2D eigenvalue weighted by molar-refractivity contribution is -0.131. The molecule has 5 heteroatoms. The highest BCUT2D eigenvalue weighted by Crippen LogP contribution is 2.08. The molecule has 5 nitrogen and oxygen atoms in total. The molecule has 0 aliphatic rings. The molecule has 0 radical (unpaired) electrons. The molecule has 1 unspecified atom stereocenters. The van der Waals surface area contributed by atoms with E-state index in [0.717, 1.165) is 12.8 Å². The van der Waals surface area contributed by atoms with Gasteiger partial charge >= 0.3 is 0 Å². The fourth-order valence-electron chi connectivity index (χ4n) is 2.18. The first-order chi connectivity index (χ1) is 10.1. The number of nitrogens with two attached hydrogens (primary N) is 1. The van der Waals surface area contributed by atoms with Crippen molar-refractivity contribution in [2.75, 3.05) is 13.1 Å². The van der Waals surface area contributed by atoms with Crippen LogP contribution in [0.1, 0.15) is 32.3 Å². The zero-order chi connectivity index (χ0) is 15.7. The monoisotopic (exact) mass is 291 g/mol. The fourth-order valence-corrected chi connectivity index (χ4v) is 2.18. The van der Waals surface area contributed by atoms with Crippen LogP contribution in [0.4, 0.5) is 0 Å². The second-order valence-corrected chi connectivity index (χ2v) is 5.20. The summed E-state index contributed by atoms with van der Waals surface area (Å²) >= 11 is 0. The summed E-state index contributed by atoms with van der Waals surface area (Å²) in [7, 11) is 0. The van der Waals surface area contributed by atoms with E-state index in [-0.39, 0.29) is 17.7 Å². The number of hydrogen-bond donors (Lipinski definition) is 2. The van der Waals surface area contributed by atoms with Gasteiger partial charge in [-0.15, -0.1) is 0 Å². The summed E-state index contributed by atoms with van der Waals surface area (Å²) in [6.45, 7) is 4.90. The Morgan fingerprint density at radius 1 is 1.38 bits per heavy atom. The van der Waals surface area contributed by atoms with Crippen molar-refractivity contribution in [2.45, 2.75) is 33.1 Å². The van der Waals surface area contributed by atoms with Crippen LogP contribution in [0.5, 0.6) is 0 Å². The van der Waals surface area contributed by atoms with Crippen LogP contribution in [0, 0.1) is 5.92 Å². The lowest BCUT2D eigenvalue weighted by atomic mass is 10.1. The molecule has 0 fully saturated rings. The van der Waals surface area contributed by atoms with E-state index in [4.69, 9.17) is 10.9 Å². The number of hydrogen-bond acceptors (Lipinski definition) is 3. The molecule has 0 aliphatic heterocycles. The largest absolute Gasteiger partial charge is 0.409 e. The Hall–Kier alpha value is -2.04. The Balaban J connectivity index is 2.41. The predicted octanol–water partition coefficient (Wildman–Crippen LogP) is 2.24. The summed E-state index contributed by atoms with van der Waals surface area (Å²) in [5.41, 5.74) is 6.81. The zero-order valence-corrected chi connectivity index (χ0v) is 12.8. The standard InChI is InChI=1S/C16H25N3O2/c1-3-19(12-13(2)16(17)18-21)15(20)11-7-10-14-8-5-4-6-9-14/h4-6,8-9,13,21H,3,7,10-12H2,1-2H3,(H2,17,18). The number of amidine groups is 1. The Morgan fingerprint density at radius 3 is 2.62 bits per heavy atom. The lowest BCUT2D eigenvalue weighted by Gasteiger charge is -2.24. The number of benzene rings is 1. The molecule has 0 heterocycles. The van der Waals surface area contributed by atoms with Gasteiger partial charge in [0.1, 0.15) is 5.84 Å². The van der Waals surface area contributed by atoms with Crippen LogP contribution >= 0.6 is 0 Å². The van der Waals surface area contributed by atoms with E-state index < -0.39 is 0 Å². The molecule has 1 atom stereocenters. The molecule has 0 spiro atoms. The smallest absolute Gasteiger partial charge is 0.222 e. The maximum Gasteiger partial charge on any atom is 0.222 e. The number of carbonyl (C=O) groups excluding carboxylic acids is 1. The second kappa shape index (κ2) is 9.00. The first-order valence-electron chi connectivity index (χ1n) is 7.37. The van der Waals surface area contributed by atoms with E-state index in [1.165, 1.54) is 5.56 Å². The van der Waals surface area contributed by atoms with Crippen LogP contribution in [0.2, 0.25) is 0 Å². The quantitative estimate of drug-likeness (QED) is 0.334. The second-order valence-electron chi connectivity index (χ2n) is 5.20. The lowest BCUT2D eigenvalue weighted by Crippen LogP contribution is -2.38. The van der Waals surface area contributed by atoms with Gasteiger partial charge in [0.05, 0.1) is 0 Å². The van der Waals surface area contributed by atoms with Crippen LogP contribution in [0.3, 0.4) is 0 Å². The molecule has 21 heavy (non-hydrogen) atoms. The van der Waals surface area contributed by atoms with Crippen molar-refractivity contribution in [3.63, 3.8) is 0 Å². The van der Waals surface area contributed by atoms with E-state index in [0.29, 0.717) is 19.5 Å². The first kappa shape index (κ1) is 17.0. The van der Waals surface area contributed by atoms with Crippen LogP contribution in [-0.4, -0.2) is 34.9 Å². The summed E-state index contributed by atoms with van der Waals surface area (Å²) in [6.07, 6.45) is 2.25. The number of aryl methyl sites for hydroxylation is 1. The maximum absolute atomic E-state index is 12.2. The average molecular weight is 291 g/mol. The van der Waals surface area contributed by atoms with Gasteiger partial charge in [0.15, 0.2) is 0 Å². The Labute approximate surface area is 126 Å². The average Bonchev–Trinajstić information content (AvgIpc) is 2.52. The van der Waals surface area contributed by atoms with E-state index in [2.05, 4.69) is 17.3 Å². The van der Waals surface area contributed by atoms with E-state index >= 15 is 0 Å². The van der Waals surface area contributed by atoms with Gasteiger partial charge < -0.3 is 15.8 Å². The number of carbonyl (C=O) groups is 1. The van der Waals surface area contributed by atoms with Crippen LogP contribution in [0.15, 0.2) is 35.5 Å². The van der Waals surface area contributed by atoms with Gasteiger partial charge in [-0.1, -0.05) is 42.4 Å². The predicted molar refractivity (Wildman–Crippen MR) is 84.2 cm³/mol. The molecule has 1 amide bonds. The summed E-state index contributed by atoms with van der Waals surface area (Å²) in [5.74, 6) is 0.129. The van der Waals surface area contributed by atoms with Gasteiger partial charge in [-0.05, 0) is 25.3 Å². The third-order valence-corrected chi connectivity index (χ3v) is 3.55. The minimum Gasteiger partial charge on any atom is -0.409 e. The molecule has 0 bridgehead atoms. The molecular formula is C16H25N3O2. The molecule has 0 saturated heterocycles. The molecular weight excluding hydrogens is 266 g/mol. The van der Waals surface area contributed by atoms with Crippen molar-refractivity contribution in [3.05, 3.63) is 35.9 Å². The van der Waals surface area contributed by atoms with Gasteiger partial charge in [-0.25, -0.2) is 0 Å². The summed E-state index contributed by atoms with van der Waals surface area (Å²) in [4.78, 5) is 14.0. The Kier molecular flexibility index (Phi) is 7.29. The third-order valence-electron chi connectivity index (χ3n) is 3.55. The van der Waals surface area contributed by atoms with Crippen molar-refractivity contribution >= 4 is 11.7 Å². The Morgan fingerprint density at radius 2 is 2.05 bits per heavy atom. The van der Waals surface area contributed by atoms with E-state index in [1.807, 2.05) is 32.0 Å². The Bertz CT molecular complexity index is 460. The SMILES string of the molecule is CCN(CC(C)C(N)=NO)C(=O)CCCc1ccccc1. The van der Waals surface area contributed by atoms with Gasteiger partial charge in [-0.3, -0.25) is 4.79 Å². The normalized spacial score (nSPS) is 13.0. The molecule has 0 aromatic heterocycles. The van der Waals surface area contributed by atoms with Gasteiger partial charge in [-0.2, -0.15) is 0 Å². The minimum absolute atomic E-state index is 0.117. The highest BCUT2D eigenvalue weighted by atomic mass is 16.4. The van der Waals surface area contributed by atoms with Crippen LogP contribution < -0.4 is 5.73 Å². The van der Waals surface area contributed by atoms with Gasteiger partial charge in [0.25, 0.3) is 0 Å². The fraction of sp³-hybridized carbons (Fsp3) is 0.500. The van der Waals surface area contributed by atoms with Gasteiger partial charge in [0, 0.05) is 25.4 Å². The minimum atomic E-state index is -0.145. The van der Waals surface area contributed by atoms with Crippen molar-refractivity contribution < 1.29 is 10.0 Å². The molecule has 1 rings (SSSR count). The molecule has 1 aromatic rings. The van der Waals surface area contributed by atoms with Crippen molar-refractivity contribution in [3.8, 4) is 0 Å². The summed E-state index contributed by atoms with van der Waals surface area (Å²) < 4.78 is 0. The van der Waals surface area contributed by atoms with Crippen molar-refractivity contribution in [1.29, 1.82) is 0 Å². The zero-order valence-electron chi connectivity index (χ0n) is 12.8. The first-order valence-corrected chi connectivity index (χ1v) is 7.37. The van der Waals surface area contributed by atoms with E-state index in [9.17, 15) is 4.79 Å². The number of amides is 1. The molecule has 116 valence electrons. The van der Waals surface area contributed by atoms with Crippen LogP contribution in [-0.2, 0) is 11.2 Å². The molecule has 3 N–H and O–H groups in total. The third kappa shape index (κ3) is 5.85. The maximum atomic E-state index is 12.2. The molecule has 0 saturated carbocycles. The molecule has 0 aliphatic carbocycles. The van der Waals surface area contributed by atoms with E-state index in [1.54, 1.807) is 4.90 Å². The summed E-state index contributed by atoms with van der Waals surface area (Å²) in [5, 5.41) is 11.6. The number of rotatable bonds is 8. The highest BCUT2D eigenvalue weighted by molar-refractivity contribution is 5.83. The highest BCUT2D eigenvalue weighted by Gasteiger charge is 2.17. The topological polar surface area (TPSA) is 78.9 Å². The van der Waals surface area contributed by atoms with Crippen molar-refractivity contribution in [1.82, 2.24) is 4.90 Å². The number of nitrogens with zero attached hydrogens (tertiary/aromatic N) is 2. The van der Waals surface area contributed by atoms with Crippen LogP contribution in [0.25, 0.3) is 0 Å².